The van der Waals surface area contributed by atoms with Gasteiger partial charge in [-0.1, -0.05) is 48.5 Å². The highest BCUT2D eigenvalue weighted by Gasteiger charge is 2.34. The first kappa shape index (κ1) is 23.0. The molecule has 7 nitrogen and oxygen atoms in total. The summed E-state index contributed by atoms with van der Waals surface area (Å²) in [4.78, 5) is 38.7. The van der Waals surface area contributed by atoms with Crippen molar-refractivity contribution in [3.63, 3.8) is 0 Å². The summed E-state index contributed by atoms with van der Waals surface area (Å²) in [5.41, 5.74) is 2.56. The normalized spacial score (nSPS) is 15.1. The van der Waals surface area contributed by atoms with Gasteiger partial charge in [0.15, 0.2) is 6.61 Å². The van der Waals surface area contributed by atoms with Crippen LogP contribution in [0.5, 0.6) is 5.75 Å². The fourth-order valence-electron chi connectivity index (χ4n) is 3.84. The van der Waals surface area contributed by atoms with Crippen molar-refractivity contribution < 1.29 is 19.1 Å². The molecule has 34 heavy (non-hydrogen) atoms. The van der Waals surface area contributed by atoms with Crippen LogP contribution >= 0.6 is 0 Å². The van der Waals surface area contributed by atoms with Crippen LogP contribution in [-0.4, -0.2) is 37.4 Å². The Bertz CT molecular complexity index is 1120. The lowest BCUT2D eigenvalue weighted by atomic mass is 10.1. The fourth-order valence-corrected chi connectivity index (χ4v) is 3.84. The van der Waals surface area contributed by atoms with Crippen LogP contribution in [0.25, 0.3) is 0 Å². The van der Waals surface area contributed by atoms with E-state index >= 15 is 0 Å². The largest absolute Gasteiger partial charge is 0.484 e. The first-order valence-electron chi connectivity index (χ1n) is 11.3. The van der Waals surface area contributed by atoms with Crippen LogP contribution in [0.1, 0.15) is 12.0 Å². The van der Waals surface area contributed by atoms with Gasteiger partial charge in [-0.25, -0.2) is 0 Å². The third-order valence-corrected chi connectivity index (χ3v) is 5.63. The molecule has 0 unspecified atom stereocenters. The number of rotatable bonds is 9. The Hall–Kier alpha value is -4.13. The second-order valence-corrected chi connectivity index (χ2v) is 8.13. The molecule has 1 aliphatic heterocycles. The van der Waals surface area contributed by atoms with E-state index in [0.29, 0.717) is 30.2 Å². The van der Waals surface area contributed by atoms with Crippen LogP contribution in [0, 0.1) is 5.92 Å². The smallest absolute Gasteiger partial charge is 0.262 e. The van der Waals surface area contributed by atoms with Gasteiger partial charge in [-0.3, -0.25) is 14.4 Å². The van der Waals surface area contributed by atoms with Gasteiger partial charge >= 0.3 is 0 Å². The maximum absolute atomic E-state index is 12.5. The zero-order chi connectivity index (χ0) is 23.8. The summed E-state index contributed by atoms with van der Waals surface area (Å²) in [6.45, 7) is 0.759. The maximum atomic E-state index is 12.5. The summed E-state index contributed by atoms with van der Waals surface area (Å²) in [5.74, 6) is -0.295. The van der Waals surface area contributed by atoms with E-state index in [-0.39, 0.29) is 36.7 Å². The van der Waals surface area contributed by atoms with Crippen molar-refractivity contribution in [2.75, 3.05) is 29.9 Å². The molecule has 0 aromatic heterocycles. The van der Waals surface area contributed by atoms with Crippen LogP contribution < -0.4 is 20.3 Å². The number of anilines is 2. The second kappa shape index (κ2) is 11.1. The Balaban J connectivity index is 1.24. The standard InChI is InChI=1S/C27H27N3O4/c31-25(29-22-9-5-2-6-10-22)19-34-24-13-11-23(12-14-24)30-18-21(17-26(30)32)27(33)28-16-15-20-7-3-1-4-8-20/h1-14,21H,15-19H2,(H,28,33)(H,29,31)/t21-/m1/s1. The predicted molar refractivity (Wildman–Crippen MR) is 131 cm³/mol. The zero-order valence-electron chi connectivity index (χ0n) is 18.8. The number of benzene rings is 3. The van der Waals surface area contributed by atoms with Crippen LogP contribution in [0.4, 0.5) is 11.4 Å². The minimum Gasteiger partial charge on any atom is -0.484 e. The summed E-state index contributed by atoms with van der Waals surface area (Å²) in [5, 5.41) is 5.70. The van der Waals surface area contributed by atoms with E-state index < -0.39 is 0 Å². The summed E-state index contributed by atoms with van der Waals surface area (Å²) >= 11 is 0. The molecular weight excluding hydrogens is 430 g/mol. The summed E-state index contributed by atoms with van der Waals surface area (Å²) < 4.78 is 5.54. The summed E-state index contributed by atoms with van der Waals surface area (Å²) in [6.07, 6.45) is 0.941. The van der Waals surface area contributed by atoms with E-state index in [1.165, 1.54) is 0 Å². The highest BCUT2D eigenvalue weighted by Crippen LogP contribution is 2.27. The lowest BCUT2D eigenvalue weighted by molar-refractivity contribution is -0.126. The molecule has 0 bridgehead atoms. The summed E-state index contributed by atoms with van der Waals surface area (Å²) in [6, 6.07) is 26.1. The number of amides is 3. The Morgan fingerprint density at radius 1 is 0.912 bits per heavy atom. The van der Waals surface area contributed by atoms with Gasteiger partial charge in [0.05, 0.1) is 5.92 Å². The maximum Gasteiger partial charge on any atom is 0.262 e. The monoisotopic (exact) mass is 457 g/mol. The molecule has 2 N–H and O–H groups in total. The Labute approximate surface area is 198 Å². The van der Waals surface area contributed by atoms with Gasteiger partial charge in [0.2, 0.25) is 11.8 Å². The van der Waals surface area contributed by atoms with E-state index in [1.54, 1.807) is 41.3 Å². The fraction of sp³-hybridized carbons (Fsp3) is 0.222. The SMILES string of the molecule is O=C(COc1ccc(N2C[C@H](C(=O)NCCc3ccccc3)CC2=O)cc1)Nc1ccccc1. The van der Waals surface area contributed by atoms with Gasteiger partial charge in [0, 0.05) is 30.9 Å². The van der Waals surface area contributed by atoms with Crippen LogP contribution in [0.15, 0.2) is 84.9 Å². The number of hydrogen-bond acceptors (Lipinski definition) is 4. The molecule has 0 aliphatic carbocycles. The molecule has 0 spiro atoms. The van der Waals surface area contributed by atoms with Crippen molar-refractivity contribution in [1.82, 2.24) is 5.32 Å². The predicted octanol–water partition coefficient (Wildman–Crippen LogP) is 3.42. The molecular formula is C27H27N3O4. The number of hydrogen-bond donors (Lipinski definition) is 2. The zero-order valence-corrected chi connectivity index (χ0v) is 18.8. The molecule has 3 aromatic rings. The highest BCUT2D eigenvalue weighted by molar-refractivity contribution is 6.00. The van der Waals surface area contributed by atoms with Crippen LogP contribution in [0.3, 0.4) is 0 Å². The van der Waals surface area contributed by atoms with Gasteiger partial charge in [0.1, 0.15) is 5.75 Å². The van der Waals surface area contributed by atoms with E-state index in [2.05, 4.69) is 10.6 Å². The van der Waals surface area contributed by atoms with Crippen molar-refractivity contribution in [1.29, 1.82) is 0 Å². The van der Waals surface area contributed by atoms with E-state index in [0.717, 1.165) is 12.0 Å². The van der Waals surface area contributed by atoms with E-state index in [4.69, 9.17) is 4.74 Å². The average molecular weight is 458 g/mol. The van der Waals surface area contributed by atoms with Gasteiger partial charge in [-0.2, -0.15) is 0 Å². The number of nitrogens with one attached hydrogen (secondary N) is 2. The van der Waals surface area contributed by atoms with Crippen molar-refractivity contribution in [3.8, 4) is 5.75 Å². The second-order valence-electron chi connectivity index (χ2n) is 8.13. The van der Waals surface area contributed by atoms with Crippen LogP contribution in [-0.2, 0) is 20.8 Å². The lowest BCUT2D eigenvalue weighted by Gasteiger charge is -2.17. The quantitative estimate of drug-likeness (QED) is 0.516. The highest BCUT2D eigenvalue weighted by atomic mass is 16.5. The number of carbonyl (C=O) groups is 3. The van der Waals surface area contributed by atoms with Gasteiger partial charge in [0.25, 0.3) is 5.91 Å². The molecule has 1 heterocycles. The lowest BCUT2D eigenvalue weighted by Crippen LogP contribution is -2.34. The minimum absolute atomic E-state index is 0.0842. The van der Waals surface area contributed by atoms with Crippen molar-refractivity contribution in [2.24, 2.45) is 5.92 Å². The third-order valence-electron chi connectivity index (χ3n) is 5.63. The first-order chi connectivity index (χ1) is 16.6. The number of carbonyl (C=O) groups excluding carboxylic acids is 3. The van der Waals surface area contributed by atoms with E-state index in [9.17, 15) is 14.4 Å². The Morgan fingerprint density at radius 3 is 2.29 bits per heavy atom. The Morgan fingerprint density at radius 2 is 1.59 bits per heavy atom. The topological polar surface area (TPSA) is 87.7 Å². The molecule has 3 amide bonds. The van der Waals surface area contributed by atoms with E-state index in [1.807, 2.05) is 48.5 Å². The molecule has 0 saturated carbocycles. The van der Waals surface area contributed by atoms with Crippen molar-refractivity contribution in [2.45, 2.75) is 12.8 Å². The molecule has 4 rings (SSSR count). The molecule has 1 saturated heterocycles. The van der Waals surface area contributed by atoms with Gasteiger partial charge in [-0.15, -0.1) is 0 Å². The molecule has 174 valence electrons. The first-order valence-corrected chi connectivity index (χ1v) is 11.3. The van der Waals surface area contributed by atoms with Gasteiger partial charge < -0.3 is 20.3 Å². The number of nitrogens with zero attached hydrogens (tertiary/aromatic N) is 1. The third kappa shape index (κ3) is 6.22. The molecule has 1 aliphatic rings. The molecule has 1 fully saturated rings. The number of ether oxygens (including phenoxy) is 1. The molecule has 3 aromatic carbocycles. The molecule has 1 atom stereocenters. The minimum atomic E-state index is -0.374. The summed E-state index contributed by atoms with van der Waals surface area (Å²) in [7, 11) is 0. The van der Waals surface area contributed by atoms with Crippen LogP contribution in [0.2, 0.25) is 0 Å². The molecule has 7 heteroatoms. The molecule has 0 radical (unpaired) electrons. The van der Waals surface area contributed by atoms with Gasteiger partial charge in [-0.05, 0) is 48.4 Å². The number of para-hydroxylation sites is 1. The Kier molecular flexibility index (Phi) is 7.55. The van der Waals surface area contributed by atoms with Crippen molar-refractivity contribution in [3.05, 3.63) is 90.5 Å². The van der Waals surface area contributed by atoms with Crippen molar-refractivity contribution >= 4 is 29.1 Å². The average Bonchev–Trinajstić information content (AvgIpc) is 3.26.